The predicted octanol–water partition coefficient (Wildman–Crippen LogP) is 1.19. The number of hydrogen-bond donors (Lipinski definition) is 1. The van der Waals surface area contributed by atoms with Crippen LogP contribution in [0.3, 0.4) is 0 Å². The Labute approximate surface area is 65.5 Å². The van der Waals surface area contributed by atoms with Crippen molar-refractivity contribution in [3.63, 3.8) is 0 Å². The van der Waals surface area contributed by atoms with Gasteiger partial charge in [-0.1, -0.05) is 30.1 Å². The van der Waals surface area contributed by atoms with Crippen LogP contribution in [0.4, 0.5) is 0 Å². The molecule has 0 saturated heterocycles. The Morgan fingerprint density at radius 1 is 1.45 bits per heavy atom. The molecule has 0 spiro atoms. The first-order valence-electron chi connectivity index (χ1n) is 3.33. The largest absolute Gasteiger partial charge is 0.872 e. The highest BCUT2D eigenvalue weighted by Crippen LogP contribution is 2.10. The van der Waals surface area contributed by atoms with E-state index in [-0.39, 0.29) is 11.5 Å². The predicted molar refractivity (Wildman–Crippen MR) is 41.7 cm³/mol. The molecule has 0 saturated carbocycles. The molecule has 0 aromatic heterocycles. The topological polar surface area (TPSA) is 43.3 Å². The van der Waals surface area contributed by atoms with Gasteiger partial charge in [0.25, 0.3) is 0 Å². The van der Waals surface area contributed by atoms with Gasteiger partial charge >= 0.3 is 0 Å². The molecule has 58 valence electrons. The lowest BCUT2D eigenvalue weighted by atomic mass is 10.2. The molecule has 1 rings (SSSR count). The van der Waals surface area contributed by atoms with Crippen molar-refractivity contribution in [2.24, 2.45) is 0 Å². The van der Waals surface area contributed by atoms with E-state index in [0.29, 0.717) is 5.57 Å². The SMILES string of the molecule is C/C(O)=C/C([O-])=C1C=CC=C1. The molecule has 1 aliphatic rings. The highest BCUT2D eigenvalue weighted by Gasteiger charge is 1.91. The summed E-state index contributed by atoms with van der Waals surface area (Å²) in [5.41, 5.74) is 0.610. The quantitative estimate of drug-likeness (QED) is 0.569. The van der Waals surface area contributed by atoms with Crippen molar-refractivity contribution in [2.45, 2.75) is 6.92 Å². The summed E-state index contributed by atoms with van der Waals surface area (Å²) in [6.45, 7) is 1.47. The second-order valence-corrected chi connectivity index (χ2v) is 2.32. The Kier molecular flexibility index (Phi) is 2.16. The fourth-order valence-corrected chi connectivity index (χ4v) is 0.811. The summed E-state index contributed by atoms with van der Waals surface area (Å²) in [5, 5.41) is 19.8. The van der Waals surface area contributed by atoms with Crippen molar-refractivity contribution in [3.8, 4) is 0 Å². The summed E-state index contributed by atoms with van der Waals surface area (Å²) >= 11 is 0. The van der Waals surface area contributed by atoms with Gasteiger partial charge in [0.15, 0.2) is 0 Å². The minimum atomic E-state index is -0.157. The maximum Gasteiger partial charge on any atom is 0.0885 e. The molecule has 0 heterocycles. The van der Waals surface area contributed by atoms with Gasteiger partial charge in [0.05, 0.1) is 5.76 Å². The first-order chi connectivity index (χ1) is 5.20. The molecule has 0 fully saturated rings. The van der Waals surface area contributed by atoms with Crippen LogP contribution in [0.25, 0.3) is 0 Å². The van der Waals surface area contributed by atoms with Crippen molar-refractivity contribution >= 4 is 0 Å². The lowest BCUT2D eigenvalue weighted by molar-refractivity contribution is -0.296. The number of aliphatic hydroxyl groups is 1. The van der Waals surface area contributed by atoms with Gasteiger partial charge in [-0.25, -0.2) is 0 Å². The first-order valence-corrected chi connectivity index (χ1v) is 3.33. The van der Waals surface area contributed by atoms with E-state index in [1.54, 1.807) is 24.3 Å². The molecule has 2 nitrogen and oxygen atoms in total. The highest BCUT2D eigenvalue weighted by molar-refractivity contribution is 5.43. The summed E-state index contributed by atoms with van der Waals surface area (Å²) in [7, 11) is 0. The third-order valence-corrected chi connectivity index (χ3v) is 1.29. The van der Waals surface area contributed by atoms with E-state index in [1.165, 1.54) is 13.0 Å². The molecule has 1 aliphatic carbocycles. The van der Waals surface area contributed by atoms with Gasteiger partial charge in [-0.15, -0.1) is 0 Å². The van der Waals surface area contributed by atoms with Gasteiger partial charge in [0, 0.05) is 0 Å². The normalized spacial score (nSPS) is 16.1. The third-order valence-electron chi connectivity index (χ3n) is 1.29. The van der Waals surface area contributed by atoms with Crippen LogP contribution in [0.5, 0.6) is 0 Å². The lowest BCUT2D eigenvalue weighted by Gasteiger charge is -2.08. The van der Waals surface area contributed by atoms with Crippen molar-refractivity contribution in [2.75, 3.05) is 0 Å². The maximum atomic E-state index is 11.1. The smallest absolute Gasteiger partial charge is 0.0885 e. The van der Waals surface area contributed by atoms with Crippen LogP contribution in [0.15, 0.2) is 47.5 Å². The van der Waals surface area contributed by atoms with Gasteiger partial charge in [-0.05, 0) is 18.6 Å². The third kappa shape index (κ3) is 2.00. The van der Waals surface area contributed by atoms with Crippen molar-refractivity contribution < 1.29 is 10.2 Å². The number of aliphatic hydroxyl groups excluding tert-OH is 1. The second kappa shape index (κ2) is 3.10. The van der Waals surface area contributed by atoms with Crippen molar-refractivity contribution in [1.82, 2.24) is 0 Å². The van der Waals surface area contributed by atoms with Crippen LogP contribution in [0.1, 0.15) is 6.92 Å². The van der Waals surface area contributed by atoms with Crippen LogP contribution >= 0.6 is 0 Å². The molecule has 0 aromatic rings. The van der Waals surface area contributed by atoms with Gasteiger partial charge in [-0.3, -0.25) is 0 Å². The van der Waals surface area contributed by atoms with Gasteiger partial charge in [0.2, 0.25) is 0 Å². The van der Waals surface area contributed by atoms with Gasteiger partial charge in [0.1, 0.15) is 0 Å². The van der Waals surface area contributed by atoms with E-state index in [4.69, 9.17) is 5.11 Å². The van der Waals surface area contributed by atoms with E-state index >= 15 is 0 Å². The number of rotatable bonds is 1. The number of hydrogen-bond acceptors (Lipinski definition) is 2. The monoisotopic (exact) mass is 149 g/mol. The fraction of sp³-hybridized carbons (Fsp3) is 0.111. The average molecular weight is 149 g/mol. The Bertz CT molecular complexity index is 249. The van der Waals surface area contributed by atoms with E-state index < -0.39 is 0 Å². The van der Waals surface area contributed by atoms with E-state index in [0.717, 1.165) is 0 Å². The van der Waals surface area contributed by atoms with Crippen LogP contribution in [-0.2, 0) is 0 Å². The standard InChI is InChI=1S/C9H10O2/c1-7(10)6-9(11)8-4-2-3-5-8/h2-6,10-11H,1H3/p-1/b7-6-. The Balaban J connectivity index is 2.89. The van der Waals surface area contributed by atoms with Crippen LogP contribution < -0.4 is 5.11 Å². The molecular weight excluding hydrogens is 140 g/mol. The van der Waals surface area contributed by atoms with Crippen molar-refractivity contribution in [1.29, 1.82) is 0 Å². The molecule has 0 amide bonds. The fourth-order valence-electron chi connectivity index (χ4n) is 0.811. The van der Waals surface area contributed by atoms with E-state index in [2.05, 4.69) is 0 Å². The zero-order valence-corrected chi connectivity index (χ0v) is 6.24. The van der Waals surface area contributed by atoms with Crippen LogP contribution in [0.2, 0.25) is 0 Å². The molecule has 0 radical (unpaired) electrons. The Morgan fingerprint density at radius 3 is 2.45 bits per heavy atom. The molecule has 0 bridgehead atoms. The average Bonchev–Trinajstić information content (AvgIpc) is 2.35. The zero-order valence-electron chi connectivity index (χ0n) is 6.24. The van der Waals surface area contributed by atoms with E-state index in [9.17, 15) is 5.11 Å². The molecule has 2 heteroatoms. The van der Waals surface area contributed by atoms with E-state index in [1.807, 2.05) is 0 Å². The highest BCUT2D eigenvalue weighted by atomic mass is 16.3. The van der Waals surface area contributed by atoms with Crippen LogP contribution in [-0.4, -0.2) is 5.11 Å². The summed E-state index contributed by atoms with van der Waals surface area (Å²) in [5.74, 6) is -0.119. The molecule has 1 N–H and O–H groups in total. The molecular formula is C9H9O2-. The molecule has 0 aliphatic heterocycles. The van der Waals surface area contributed by atoms with Crippen LogP contribution in [0, 0.1) is 0 Å². The Morgan fingerprint density at radius 2 is 2.00 bits per heavy atom. The first kappa shape index (κ1) is 7.66. The minimum Gasteiger partial charge on any atom is -0.872 e. The summed E-state index contributed by atoms with van der Waals surface area (Å²) in [6.07, 6.45) is 8.19. The molecule has 0 unspecified atom stereocenters. The van der Waals surface area contributed by atoms with Gasteiger partial charge in [-0.2, -0.15) is 0 Å². The Hall–Kier alpha value is -1.44. The lowest BCUT2D eigenvalue weighted by Crippen LogP contribution is -2.03. The maximum absolute atomic E-state index is 11.1. The summed E-state index contributed by atoms with van der Waals surface area (Å²) in [4.78, 5) is 0. The number of allylic oxidation sites excluding steroid dienone is 7. The molecule has 0 atom stereocenters. The zero-order chi connectivity index (χ0) is 8.27. The second-order valence-electron chi connectivity index (χ2n) is 2.32. The summed E-state index contributed by atoms with van der Waals surface area (Å²) in [6, 6.07) is 0. The summed E-state index contributed by atoms with van der Waals surface area (Å²) < 4.78 is 0. The molecule has 0 aromatic carbocycles. The minimum absolute atomic E-state index is 0.0381. The van der Waals surface area contributed by atoms with Crippen molar-refractivity contribution in [3.05, 3.63) is 47.5 Å². The van der Waals surface area contributed by atoms with Gasteiger partial charge < -0.3 is 10.2 Å². The molecule has 11 heavy (non-hydrogen) atoms.